The van der Waals surface area contributed by atoms with Crippen molar-refractivity contribution in [1.29, 1.82) is 0 Å². The lowest BCUT2D eigenvalue weighted by Crippen LogP contribution is -1.98. The number of nitrogens with zero attached hydrogens (tertiary/aromatic N) is 1. The SMILES string of the molecule is Fc1cc(Cl)c(C(F)F)c(F)n1. The van der Waals surface area contributed by atoms with Crippen molar-refractivity contribution in [2.24, 2.45) is 0 Å². The zero-order valence-corrected chi connectivity index (χ0v) is 6.25. The van der Waals surface area contributed by atoms with Crippen LogP contribution in [-0.2, 0) is 0 Å². The van der Waals surface area contributed by atoms with Crippen LogP contribution in [0.4, 0.5) is 17.6 Å². The maximum atomic E-state index is 12.4. The van der Waals surface area contributed by atoms with Crippen LogP contribution in [0.15, 0.2) is 6.07 Å². The first-order valence-electron chi connectivity index (χ1n) is 2.82. The summed E-state index contributed by atoms with van der Waals surface area (Å²) in [6.45, 7) is 0. The summed E-state index contributed by atoms with van der Waals surface area (Å²) in [4.78, 5) is 2.56. The van der Waals surface area contributed by atoms with Gasteiger partial charge in [0.2, 0.25) is 11.9 Å². The Labute approximate surface area is 70.0 Å². The quantitative estimate of drug-likeness (QED) is 0.501. The molecular weight excluding hydrogens is 198 g/mol. The van der Waals surface area contributed by atoms with E-state index < -0.39 is 28.9 Å². The molecule has 0 aliphatic rings. The summed E-state index contributed by atoms with van der Waals surface area (Å²) >= 11 is 5.13. The molecule has 0 fully saturated rings. The lowest BCUT2D eigenvalue weighted by atomic mass is 10.3. The second kappa shape index (κ2) is 3.26. The predicted molar refractivity (Wildman–Crippen MR) is 34.1 cm³/mol. The first-order chi connectivity index (χ1) is 5.52. The van der Waals surface area contributed by atoms with Crippen LogP contribution < -0.4 is 0 Å². The van der Waals surface area contributed by atoms with Gasteiger partial charge in [-0.3, -0.25) is 0 Å². The van der Waals surface area contributed by atoms with Gasteiger partial charge in [-0.1, -0.05) is 11.6 Å². The van der Waals surface area contributed by atoms with Crippen LogP contribution >= 0.6 is 11.6 Å². The first kappa shape index (κ1) is 9.25. The first-order valence-corrected chi connectivity index (χ1v) is 3.19. The van der Waals surface area contributed by atoms with Crippen LogP contribution in [0.5, 0.6) is 0 Å². The number of aromatic nitrogens is 1. The molecule has 0 aromatic carbocycles. The molecule has 12 heavy (non-hydrogen) atoms. The molecule has 0 atom stereocenters. The van der Waals surface area contributed by atoms with Crippen molar-refractivity contribution in [3.05, 3.63) is 28.5 Å². The number of halogens is 5. The van der Waals surface area contributed by atoms with Gasteiger partial charge >= 0.3 is 0 Å². The lowest BCUT2D eigenvalue weighted by Gasteiger charge is -2.02. The normalized spacial score (nSPS) is 10.8. The highest BCUT2D eigenvalue weighted by molar-refractivity contribution is 6.31. The molecule has 0 radical (unpaired) electrons. The maximum absolute atomic E-state index is 12.4. The maximum Gasteiger partial charge on any atom is 0.269 e. The van der Waals surface area contributed by atoms with Gasteiger partial charge in [0.15, 0.2) is 0 Å². The molecule has 1 aromatic rings. The van der Waals surface area contributed by atoms with Gasteiger partial charge in [0.1, 0.15) is 0 Å². The van der Waals surface area contributed by atoms with E-state index in [9.17, 15) is 17.6 Å². The van der Waals surface area contributed by atoms with Gasteiger partial charge in [-0.15, -0.1) is 0 Å². The third-order valence-electron chi connectivity index (χ3n) is 1.15. The van der Waals surface area contributed by atoms with E-state index in [0.717, 1.165) is 0 Å². The minimum Gasteiger partial charge on any atom is -0.205 e. The highest BCUT2D eigenvalue weighted by atomic mass is 35.5. The molecule has 0 amide bonds. The molecule has 1 nitrogen and oxygen atoms in total. The smallest absolute Gasteiger partial charge is 0.205 e. The molecule has 0 aliphatic carbocycles. The summed E-state index contributed by atoms with van der Waals surface area (Å²) < 4.78 is 48.5. The van der Waals surface area contributed by atoms with Crippen molar-refractivity contribution in [3.8, 4) is 0 Å². The van der Waals surface area contributed by atoms with Crippen molar-refractivity contribution < 1.29 is 17.6 Å². The summed E-state index contributed by atoms with van der Waals surface area (Å²) in [6.07, 6.45) is -3.09. The largest absolute Gasteiger partial charge is 0.269 e. The summed E-state index contributed by atoms with van der Waals surface area (Å²) in [5.41, 5.74) is -1.07. The standard InChI is InChI=1S/C6H2ClF4N/c7-2-1-3(8)12-6(11)4(2)5(9)10/h1,5H. The molecule has 0 spiro atoms. The fraction of sp³-hybridized carbons (Fsp3) is 0.167. The molecule has 0 N–H and O–H groups in total. The fourth-order valence-corrected chi connectivity index (χ4v) is 0.912. The monoisotopic (exact) mass is 199 g/mol. The van der Waals surface area contributed by atoms with Crippen molar-refractivity contribution in [3.63, 3.8) is 0 Å². The van der Waals surface area contributed by atoms with Gasteiger partial charge < -0.3 is 0 Å². The number of hydrogen-bond donors (Lipinski definition) is 0. The molecule has 0 saturated heterocycles. The molecule has 0 aliphatic heterocycles. The van der Waals surface area contributed by atoms with Gasteiger partial charge in [-0.2, -0.15) is 13.8 Å². The van der Waals surface area contributed by atoms with Crippen LogP contribution in [0.2, 0.25) is 5.02 Å². The molecule has 66 valence electrons. The molecule has 1 aromatic heterocycles. The van der Waals surface area contributed by atoms with Gasteiger partial charge in [0.25, 0.3) is 6.43 Å². The van der Waals surface area contributed by atoms with Crippen molar-refractivity contribution in [2.75, 3.05) is 0 Å². The van der Waals surface area contributed by atoms with Crippen LogP contribution in [-0.4, -0.2) is 4.98 Å². The zero-order valence-electron chi connectivity index (χ0n) is 5.49. The average Bonchev–Trinajstić information content (AvgIpc) is 1.82. The molecular formula is C6H2ClF4N. The zero-order chi connectivity index (χ0) is 9.30. The van der Waals surface area contributed by atoms with E-state index in [1.54, 1.807) is 0 Å². The Morgan fingerprint density at radius 3 is 2.33 bits per heavy atom. The Bertz CT molecular complexity index is 279. The van der Waals surface area contributed by atoms with Crippen LogP contribution in [0.25, 0.3) is 0 Å². The molecule has 1 rings (SSSR count). The van der Waals surface area contributed by atoms with E-state index in [1.165, 1.54) is 0 Å². The molecule has 0 unspecified atom stereocenters. The number of hydrogen-bond acceptors (Lipinski definition) is 1. The predicted octanol–water partition coefficient (Wildman–Crippen LogP) is 2.95. The molecule has 0 bridgehead atoms. The van der Waals surface area contributed by atoms with E-state index >= 15 is 0 Å². The third-order valence-corrected chi connectivity index (χ3v) is 1.46. The highest BCUT2D eigenvalue weighted by Crippen LogP contribution is 2.28. The number of alkyl halides is 2. The third kappa shape index (κ3) is 1.66. The van der Waals surface area contributed by atoms with Crippen molar-refractivity contribution in [2.45, 2.75) is 6.43 Å². The lowest BCUT2D eigenvalue weighted by molar-refractivity contribution is 0.145. The topological polar surface area (TPSA) is 12.9 Å². The summed E-state index contributed by atoms with van der Waals surface area (Å²) in [6, 6.07) is 0.534. The second-order valence-electron chi connectivity index (χ2n) is 1.93. The minimum atomic E-state index is -3.09. The average molecular weight is 200 g/mol. The van der Waals surface area contributed by atoms with Gasteiger partial charge in [0.05, 0.1) is 10.6 Å². The summed E-state index contributed by atoms with van der Waals surface area (Å²) in [7, 11) is 0. The van der Waals surface area contributed by atoms with Gasteiger partial charge in [0, 0.05) is 6.07 Å². The summed E-state index contributed by atoms with van der Waals surface area (Å²) in [5, 5.41) is -0.657. The van der Waals surface area contributed by atoms with Crippen LogP contribution in [0.3, 0.4) is 0 Å². The van der Waals surface area contributed by atoms with E-state index in [1.807, 2.05) is 0 Å². The van der Waals surface area contributed by atoms with E-state index in [4.69, 9.17) is 11.6 Å². The Balaban J connectivity index is 3.28. The Kier molecular flexibility index (Phi) is 2.52. The Morgan fingerprint density at radius 1 is 1.33 bits per heavy atom. The van der Waals surface area contributed by atoms with Crippen LogP contribution in [0, 0.1) is 11.9 Å². The van der Waals surface area contributed by atoms with Gasteiger partial charge in [-0.25, -0.2) is 8.78 Å². The van der Waals surface area contributed by atoms with E-state index in [0.29, 0.717) is 6.07 Å². The van der Waals surface area contributed by atoms with Gasteiger partial charge in [-0.05, 0) is 0 Å². The van der Waals surface area contributed by atoms with E-state index in [2.05, 4.69) is 4.98 Å². The van der Waals surface area contributed by atoms with Crippen LogP contribution in [0.1, 0.15) is 12.0 Å². The summed E-state index contributed by atoms with van der Waals surface area (Å²) in [5.74, 6) is -2.79. The van der Waals surface area contributed by atoms with Crippen molar-refractivity contribution in [1.82, 2.24) is 4.98 Å². The number of rotatable bonds is 1. The highest BCUT2D eigenvalue weighted by Gasteiger charge is 2.19. The number of pyridine rings is 1. The fourth-order valence-electron chi connectivity index (χ4n) is 0.661. The Hall–Kier alpha value is -0.840. The molecule has 1 heterocycles. The van der Waals surface area contributed by atoms with E-state index in [-0.39, 0.29) is 0 Å². The van der Waals surface area contributed by atoms with Crippen molar-refractivity contribution >= 4 is 11.6 Å². The Morgan fingerprint density at radius 2 is 1.92 bits per heavy atom. The second-order valence-corrected chi connectivity index (χ2v) is 2.34. The minimum absolute atomic E-state index is 0.534. The molecule has 0 saturated carbocycles. The molecule has 6 heteroatoms.